The first-order chi connectivity index (χ1) is 21.0. The third kappa shape index (κ3) is 4.53. The summed E-state index contributed by atoms with van der Waals surface area (Å²) in [5, 5.41) is 26.1. The fourth-order valence-electron chi connectivity index (χ4n) is 7.70. The Morgan fingerprint density at radius 1 is 1.00 bits per heavy atom. The molecule has 44 heavy (non-hydrogen) atoms. The predicted molar refractivity (Wildman–Crippen MR) is 174 cm³/mol. The molecular formula is C36H42N4O4. The van der Waals surface area contributed by atoms with Crippen molar-refractivity contribution in [2.24, 2.45) is 26.8 Å². The fraction of sp³-hybridized carbons (Fsp3) is 0.444. The lowest BCUT2D eigenvalue weighted by Gasteiger charge is -2.17. The number of ether oxygens (including phenoxy) is 1. The molecule has 1 saturated heterocycles. The molecule has 0 amide bonds. The molecule has 6 rings (SSSR count). The second-order valence-corrected chi connectivity index (χ2v) is 12.4. The van der Waals surface area contributed by atoms with E-state index in [-0.39, 0.29) is 24.2 Å². The van der Waals surface area contributed by atoms with E-state index < -0.39 is 6.10 Å². The van der Waals surface area contributed by atoms with Gasteiger partial charge in [-0.3, -0.25) is 4.79 Å². The van der Waals surface area contributed by atoms with Crippen LogP contribution in [-0.2, 0) is 9.53 Å². The summed E-state index contributed by atoms with van der Waals surface area (Å²) < 4.78 is 5.00. The molecule has 230 valence electrons. The van der Waals surface area contributed by atoms with Crippen LogP contribution in [0, 0.1) is 11.8 Å². The molecule has 0 spiro atoms. The van der Waals surface area contributed by atoms with Crippen molar-refractivity contribution in [3.05, 3.63) is 91.0 Å². The molecule has 5 heterocycles. The molecule has 0 aromatic rings. The highest BCUT2D eigenvalue weighted by atomic mass is 16.5. The third-order valence-electron chi connectivity index (χ3n) is 10.00. The minimum Gasteiger partial charge on any atom is -0.511 e. The smallest absolute Gasteiger partial charge is 0.305 e. The summed E-state index contributed by atoms with van der Waals surface area (Å²) >= 11 is 0. The van der Waals surface area contributed by atoms with Crippen molar-refractivity contribution in [1.82, 2.24) is 5.32 Å². The van der Waals surface area contributed by atoms with E-state index in [2.05, 4.69) is 46.0 Å². The summed E-state index contributed by atoms with van der Waals surface area (Å²) in [6.45, 7) is 14.4. The number of aliphatic hydroxyl groups is 2. The van der Waals surface area contributed by atoms with Crippen LogP contribution in [0.15, 0.2) is 106 Å². The number of aliphatic imine (C=N–C) groups is 3. The number of nitrogens with zero attached hydrogens (tertiary/aromatic N) is 3. The molecule has 0 saturated carbocycles. The summed E-state index contributed by atoms with van der Waals surface area (Å²) in [5.41, 5.74) is 14.7. The summed E-state index contributed by atoms with van der Waals surface area (Å²) in [6.07, 6.45) is 6.15. The van der Waals surface area contributed by atoms with Crippen LogP contribution in [0.5, 0.6) is 0 Å². The van der Waals surface area contributed by atoms with Gasteiger partial charge < -0.3 is 20.3 Å². The maximum Gasteiger partial charge on any atom is 0.305 e. The second kappa shape index (κ2) is 11.1. The zero-order valence-corrected chi connectivity index (χ0v) is 27.0. The Labute approximate surface area is 259 Å². The first-order valence-corrected chi connectivity index (χ1v) is 15.7. The Kier molecular flexibility index (Phi) is 7.60. The lowest BCUT2D eigenvalue weighted by molar-refractivity contribution is -0.140. The van der Waals surface area contributed by atoms with Crippen LogP contribution < -0.4 is 5.32 Å². The predicted octanol–water partition coefficient (Wildman–Crippen LogP) is 6.77. The first-order valence-electron chi connectivity index (χ1n) is 15.7. The quantitative estimate of drug-likeness (QED) is 0.294. The van der Waals surface area contributed by atoms with Crippen LogP contribution in [0.1, 0.15) is 80.6 Å². The van der Waals surface area contributed by atoms with E-state index in [1.807, 2.05) is 13.0 Å². The number of aliphatic hydroxyl groups excluding tert-OH is 2. The van der Waals surface area contributed by atoms with Gasteiger partial charge in [0.05, 0.1) is 47.4 Å². The molecule has 0 unspecified atom stereocenters. The van der Waals surface area contributed by atoms with Crippen molar-refractivity contribution in [3.8, 4) is 0 Å². The van der Waals surface area contributed by atoms with Gasteiger partial charge in [-0.1, -0.05) is 20.8 Å². The molecule has 5 aliphatic heterocycles. The van der Waals surface area contributed by atoms with E-state index in [9.17, 15) is 15.0 Å². The lowest BCUT2D eigenvalue weighted by Crippen LogP contribution is -2.16. The zero-order valence-electron chi connectivity index (χ0n) is 27.0. The van der Waals surface area contributed by atoms with Crippen LogP contribution in [0.4, 0.5) is 0 Å². The van der Waals surface area contributed by atoms with Crippen LogP contribution in [0.2, 0.25) is 0 Å². The van der Waals surface area contributed by atoms with E-state index in [1.165, 1.54) is 7.11 Å². The van der Waals surface area contributed by atoms with E-state index in [1.54, 1.807) is 6.92 Å². The number of fused-ring (bicyclic) bond motifs is 5. The largest absolute Gasteiger partial charge is 0.511 e. The molecule has 0 radical (unpaired) electrons. The molecule has 1 aliphatic carbocycles. The van der Waals surface area contributed by atoms with Crippen molar-refractivity contribution in [2.45, 2.75) is 86.7 Å². The number of carbonyl (C=O) groups is 1. The zero-order chi connectivity index (χ0) is 31.6. The molecule has 6 aliphatic rings. The Morgan fingerprint density at radius 3 is 2.39 bits per heavy atom. The highest BCUT2D eigenvalue weighted by Crippen LogP contribution is 2.48. The number of hydrogen-bond acceptors (Lipinski definition) is 8. The standard InChI is InChI=1S/C36H42N4O4/c1-9-21-16(3)25-14-28-31(20(7)41)18(5)34(39-28)19(6)33-17(4)23(11-12-30(43)44-8)35(40-33)24-13-29(42)32-22(10-2)27(38-36(24)32)15-26(21)37-25/h14-15,17,20,23,40-42H,9-13H2,1-8H3/t17-,20-,23-/m0/s1. The van der Waals surface area contributed by atoms with Crippen LogP contribution in [0.3, 0.4) is 0 Å². The number of esters is 1. The number of hydrogen-bond donors (Lipinski definition) is 3. The summed E-state index contributed by atoms with van der Waals surface area (Å²) in [7, 11) is 1.42. The molecule has 0 aromatic carbocycles. The van der Waals surface area contributed by atoms with Gasteiger partial charge in [0, 0.05) is 52.8 Å². The number of nitrogens with one attached hydrogen (secondary N) is 1. The van der Waals surface area contributed by atoms with Crippen molar-refractivity contribution < 1.29 is 19.7 Å². The minimum absolute atomic E-state index is 0.0107. The minimum atomic E-state index is -0.706. The number of allylic oxidation sites excluding steroid dienone is 11. The van der Waals surface area contributed by atoms with Gasteiger partial charge in [-0.2, -0.15) is 0 Å². The number of rotatable bonds is 6. The molecular weight excluding hydrogens is 552 g/mol. The monoisotopic (exact) mass is 594 g/mol. The van der Waals surface area contributed by atoms with Gasteiger partial charge in [-0.25, -0.2) is 15.0 Å². The highest BCUT2D eigenvalue weighted by Gasteiger charge is 2.42. The van der Waals surface area contributed by atoms with Crippen molar-refractivity contribution in [3.63, 3.8) is 0 Å². The Hall–Kier alpha value is -4.04. The Morgan fingerprint density at radius 2 is 1.73 bits per heavy atom. The van der Waals surface area contributed by atoms with E-state index in [4.69, 9.17) is 19.7 Å². The van der Waals surface area contributed by atoms with Crippen molar-refractivity contribution >= 4 is 23.1 Å². The van der Waals surface area contributed by atoms with Crippen LogP contribution >= 0.6 is 0 Å². The van der Waals surface area contributed by atoms with Gasteiger partial charge in [0.1, 0.15) is 5.76 Å². The van der Waals surface area contributed by atoms with E-state index in [0.717, 1.165) is 103 Å². The fourth-order valence-corrected chi connectivity index (χ4v) is 7.70. The third-order valence-corrected chi connectivity index (χ3v) is 10.00. The average molecular weight is 595 g/mol. The molecule has 0 aromatic heterocycles. The van der Waals surface area contributed by atoms with Gasteiger partial charge in [0.25, 0.3) is 0 Å². The number of methoxy groups -OCH3 is 1. The van der Waals surface area contributed by atoms with E-state index >= 15 is 0 Å². The highest BCUT2D eigenvalue weighted by molar-refractivity contribution is 6.21. The van der Waals surface area contributed by atoms with Gasteiger partial charge in [0.15, 0.2) is 0 Å². The van der Waals surface area contributed by atoms with Gasteiger partial charge in [-0.15, -0.1) is 0 Å². The summed E-state index contributed by atoms with van der Waals surface area (Å²) in [4.78, 5) is 27.7. The van der Waals surface area contributed by atoms with Crippen LogP contribution in [0.25, 0.3) is 0 Å². The summed E-state index contributed by atoms with van der Waals surface area (Å²) in [5.74, 6) is 0.121. The molecule has 8 heteroatoms. The number of carbonyl (C=O) groups excluding carboxylic acids is 1. The molecule has 8 nitrogen and oxygen atoms in total. The Bertz CT molecular complexity index is 1750. The maximum absolute atomic E-state index is 12.3. The summed E-state index contributed by atoms with van der Waals surface area (Å²) in [6, 6.07) is 0. The van der Waals surface area contributed by atoms with E-state index in [0.29, 0.717) is 18.6 Å². The van der Waals surface area contributed by atoms with Crippen molar-refractivity contribution in [1.29, 1.82) is 0 Å². The first kappa shape index (κ1) is 30.0. The van der Waals surface area contributed by atoms with Gasteiger partial charge >= 0.3 is 5.97 Å². The Balaban J connectivity index is 1.64. The average Bonchev–Trinajstić information content (AvgIpc) is 3.75. The SMILES string of the molecule is CCC1=C2C=C3N=C(C=C4N=C(C(C)=C4[C@H](C)O)C(C)=C4NC(=C5CC(O)=C1C5=N2)[C@@H](CCC(=O)OC)[C@@H]4C)C(C)=C3CC. The maximum atomic E-state index is 12.3. The lowest BCUT2D eigenvalue weighted by atomic mass is 9.85. The second-order valence-electron chi connectivity index (χ2n) is 12.4. The molecule has 3 atom stereocenters. The van der Waals surface area contributed by atoms with Crippen molar-refractivity contribution in [2.75, 3.05) is 7.11 Å². The molecule has 1 fully saturated rings. The molecule has 3 N–H and O–H groups in total. The normalized spacial score (nSPS) is 25.2. The van der Waals surface area contributed by atoms with Gasteiger partial charge in [0.2, 0.25) is 0 Å². The van der Waals surface area contributed by atoms with Gasteiger partial charge in [-0.05, 0) is 87.0 Å². The van der Waals surface area contributed by atoms with Crippen LogP contribution in [-0.4, -0.2) is 46.5 Å². The topological polar surface area (TPSA) is 116 Å². The molecule has 8 bridgehead atoms.